The molecule has 0 saturated heterocycles. The highest BCUT2D eigenvalue weighted by Gasteiger charge is 2.31. The Labute approximate surface area is 130 Å². The quantitative estimate of drug-likeness (QED) is 0.878. The SMILES string of the molecule is COc1ccc(Br)c(CC2CC(C(C)C)CCC2O)c1. The molecule has 0 bridgehead atoms. The fourth-order valence-corrected chi connectivity index (χ4v) is 3.63. The molecule has 1 saturated carbocycles. The largest absolute Gasteiger partial charge is 0.497 e. The normalized spacial score (nSPS) is 26.8. The molecule has 1 aliphatic rings. The summed E-state index contributed by atoms with van der Waals surface area (Å²) in [4.78, 5) is 0. The van der Waals surface area contributed by atoms with Crippen molar-refractivity contribution < 1.29 is 9.84 Å². The van der Waals surface area contributed by atoms with Gasteiger partial charge in [0.2, 0.25) is 0 Å². The van der Waals surface area contributed by atoms with Gasteiger partial charge < -0.3 is 9.84 Å². The fourth-order valence-electron chi connectivity index (χ4n) is 3.23. The minimum atomic E-state index is -0.164. The average molecular weight is 341 g/mol. The van der Waals surface area contributed by atoms with Crippen molar-refractivity contribution in [2.75, 3.05) is 7.11 Å². The molecule has 1 aromatic carbocycles. The standard InChI is InChI=1S/C17H25BrO2/c1-11(2)12-4-7-17(19)14(8-12)9-13-10-15(20-3)5-6-16(13)18/h5-6,10-12,14,17,19H,4,7-9H2,1-3H3. The van der Waals surface area contributed by atoms with Crippen LogP contribution in [0.4, 0.5) is 0 Å². The average Bonchev–Trinajstić information content (AvgIpc) is 2.43. The molecule has 1 fully saturated rings. The zero-order valence-electron chi connectivity index (χ0n) is 12.6. The Morgan fingerprint density at radius 1 is 1.35 bits per heavy atom. The van der Waals surface area contributed by atoms with Gasteiger partial charge in [-0.1, -0.05) is 29.8 Å². The molecule has 3 heteroatoms. The van der Waals surface area contributed by atoms with Crippen molar-refractivity contribution in [1.29, 1.82) is 0 Å². The molecule has 0 spiro atoms. The third-order valence-electron chi connectivity index (χ3n) is 4.66. The highest BCUT2D eigenvalue weighted by molar-refractivity contribution is 9.10. The second-order valence-corrected chi connectivity index (χ2v) is 7.16. The van der Waals surface area contributed by atoms with Crippen molar-refractivity contribution >= 4 is 15.9 Å². The predicted molar refractivity (Wildman–Crippen MR) is 86.1 cm³/mol. The van der Waals surface area contributed by atoms with Crippen molar-refractivity contribution in [3.8, 4) is 5.75 Å². The molecule has 1 N–H and O–H groups in total. The van der Waals surface area contributed by atoms with Crippen LogP contribution >= 0.6 is 15.9 Å². The molecule has 0 aliphatic heterocycles. The van der Waals surface area contributed by atoms with Crippen LogP contribution in [0.25, 0.3) is 0 Å². The van der Waals surface area contributed by atoms with E-state index in [2.05, 4.69) is 35.8 Å². The van der Waals surface area contributed by atoms with Crippen molar-refractivity contribution in [1.82, 2.24) is 0 Å². The van der Waals surface area contributed by atoms with Gasteiger partial charge in [0, 0.05) is 4.47 Å². The van der Waals surface area contributed by atoms with E-state index in [1.807, 2.05) is 12.1 Å². The maximum absolute atomic E-state index is 10.3. The first-order valence-corrected chi connectivity index (χ1v) is 8.31. The Morgan fingerprint density at radius 3 is 2.75 bits per heavy atom. The van der Waals surface area contributed by atoms with Crippen molar-refractivity contribution in [3.05, 3.63) is 28.2 Å². The van der Waals surface area contributed by atoms with E-state index < -0.39 is 0 Å². The number of aliphatic hydroxyl groups is 1. The Kier molecular flexibility index (Phi) is 5.50. The summed E-state index contributed by atoms with van der Waals surface area (Å²) in [5.41, 5.74) is 1.23. The maximum atomic E-state index is 10.3. The van der Waals surface area contributed by atoms with E-state index in [1.165, 1.54) is 5.56 Å². The van der Waals surface area contributed by atoms with Gasteiger partial charge in [0.25, 0.3) is 0 Å². The second kappa shape index (κ2) is 6.95. The van der Waals surface area contributed by atoms with Crippen LogP contribution in [-0.2, 0) is 6.42 Å². The monoisotopic (exact) mass is 340 g/mol. The van der Waals surface area contributed by atoms with Crippen LogP contribution in [0.5, 0.6) is 5.75 Å². The van der Waals surface area contributed by atoms with E-state index in [0.717, 1.165) is 41.8 Å². The van der Waals surface area contributed by atoms with E-state index in [-0.39, 0.29) is 6.10 Å². The number of hydrogen-bond acceptors (Lipinski definition) is 2. The zero-order chi connectivity index (χ0) is 14.7. The first-order chi connectivity index (χ1) is 9.51. The summed E-state index contributed by atoms with van der Waals surface area (Å²) in [6.45, 7) is 4.59. The lowest BCUT2D eigenvalue weighted by Gasteiger charge is -2.35. The van der Waals surface area contributed by atoms with Gasteiger partial charge in [-0.15, -0.1) is 0 Å². The molecule has 0 radical (unpaired) electrons. The van der Waals surface area contributed by atoms with Gasteiger partial charge >= 0.3 is 0 Å². The first-order valence-electron chi connectivity index (χ1n) is 7.51. The van der Waals surface area contributed by atoms with Gasteiger partial charge in [-0.05, 0) is 67.2 Å². The highest BCUT2D eigenvalue weighted by Crippen LogP contribution is 2.37. The van der Waals surface area contributed by atoms with Gasteiger partial charge in [0.1, 0.15) is 5.75 Å². The molecule has 20 heavy (non-hydrogen) atoms. The summed E-state index contributed by atoms with van der Waals surface area (Å²) in [5.74, 6) is 2.69. The van der Waals surface area contributed by atoms with Crippen molar-refractivity contribution in [3.63, 3.8) is 0 Å². The zero-order valence-corrected chi connectivity index (χ0v) is 14.2. The topological polar surface area (TPSA) is 29.5 Å². The van der Waals surface area contributed by atoms with E-state index in [0.29, 0.717) is 11.8 Å². The van der Waals surface area contributed by atoms with Crippen LogP contribution in [0.2, 0.25) is 0 Å². The summed E-state index contributed by atoms with van der Waals surface area (Å²) in [6.07, 6.45) is 3.98. The third kappa shape index (κ3) is 3.76. The number of ether oxygens (including phenoxy) is 1. The van der Waals surface area contributed by atoms with Crippen LogP contribution in [0.3, 0.4) is 0 Å². The van der Waals surface area contributed by atoms with Gasteiger partial charge in [-0.3, -0.25) is 0 Å². The van der Waals surface area contributed by atoms with Crippen LogP contribution in [0, 0.1) is 17.8 Å². The van der Waals surface area contributed by atoms with Gasteiger partial charge in [0.05, 0.1) is 13.2 Å². The van der Waals surface area contributed by atoms with Gasteiger partial charge in [-0.25, -0.2) is 0 Å². The Morgan fingerprint density at radius 2 is 2.10 bits per heavy atom. The Hall–Kier alpha value is -0.540. The molecule has 1 aliphatic carbocycles. The molecular formula is C17H25BrO2. The molecule has 3 unspecified atom stereocenters. The summed E-state index contributed by atoms with van der Waals surface area (Å²) in [5, 5.41) is 10.3. The molecule has 1 aromatic rings. The van der Waals surface area contributed by atoms with Crippen LogP contribution in [0.15, 0.2) is 22.7 Å². The number of halogens is 1. The lowest BCUT2D eigenvalue weighted by Crippen LogP contribution is -2.32. The molecule has 2 nitrogen and oxygen atoms in total. The highest BCUT2D eigenvalue weighted by atomic mass is 79.9. The molecular weight excluding hydrogens is 316 g/mol. The first kappa shape index (κ1) is 15.8. The van der Waals surface area contributed by atoms with Crippen molar-refractivity contribution in [2.45, 2.75) is 45.6 Å². The Balaban J connectivity index is 2.11. The van der Waals surface area contributed by atoms with E-state index in [1.54, 1.807) is 7.11 Å². The number of benzene rings is 1. The molecule has 0 aromatic heterocycles. The minimum Gasteiger partial charge on any atom is -0.497 e. The molecule has 2 rings (SSSR count). The van der Waals surface area contributed by atoms with Crippen LogP contribution in [0.1, 0.15) is 38.7 Å². The number of methoxy groups -OCH3 is 1. The maximum Gasteiger partial charge on any atom is 0.119 e. The second-order valence-electron chi connectivity index (χ2n) is 6.31. The Bertz CT molecular complexity index is 445. The van der Waals surface area contributed by atoms with E-state index in [4.69, 9.17) is 4.74 Å². The van der Waals surface area contributed by atoms with Crippen molar-refractivity contribution in [2.24, 2.45) is 17.8 Å². The summed E-state index contributed by atoms with van der Waals surface area (Å²) in [6, 6.07) is 6.07. The molecule has 112 valence electrons. The van der Waals surface area contributed by atoms with Crippen LogP contribution < -0.4 is 4.74 Å². The van der Waals surface area contributed by atoms with Crippen LogP contribution in [-0.4, -0.2) is 18.3 Å². The number of rotatable bonds is 4. The molecule has 0 amide bonds. The third-order valence-corrected chi connectivity index (χ3v) is 5.43. The van der Waals surface area contributed by atoms with E-state index in [9.17, 15) is 5.11 Å². The van der Waals surface area contributed by atoms with Gasteiger partial charge in [0.15, 0.2) is 0 Å². The summed E-state index contributed by atoms with van der Waals surface area (Å²) in [7, 11) is 1.69. The number of hydrogen-bond donors (Lipinski definition) is 1. The molecule has 0 heterocycles. The number of aliphatic hydroxyl groups excluding tert-OH is 1. The summed E-state index contributed by atoms with van der Waals surface area (Å²) >= 11 is 3.61. The smallest absolute Gasteiger partial charge is 0.119 e. The van der Waals surface area contributed by atoms with E-state index >= 15 is 0 Å². The summed E-state index contributed by atoms with van der Waals surface area (Å²) < 4.78 is 6.41. The lowest BCUT2D eigenvalue weighted by molar-refractivity contribution is 0.0377. The molecule has 3 atom stereocenters. The predicted octanol–water partition coefficient (Wildman–Crippen LogP) is 4.43. The van der Waals surface area contributed by atoms with Gasteiger partial charge in [-0.2, -0.15) is 0 Å². The minimum absolute atomic E-state index is 0.164. The fraction of sp³-hybridized carbons (Fsp3) is 0.647. The lowest BCUT2D eigenvalue weighted by atomic mass is 9.73.